The summed E-state index contributed by atoms with van der Waals surface area (Å²) in [6, 6.07) is 0.478. The van der Waals surface area contributed by atoms with Gasteiger partial charge in [-0.1, -0.05) is 6.92 Å². The van der Waals surface area contributed by atoms with E-state index in [1.165, 1.54) is 0 Å². The quantitative estimate of drug-likeness (QED) is 0.658. The molecule has 0 radical (unpaired) electrons. The van der Waals surface area contributed by atoms with Crippen LogP contribution >= 0.6 is 0 Å². The Morgan fingerprint density at radius 1 is 1.40 bits per heavy atom. The van der Waals surface area contributed by atoms with Crippen molar-refractivity contribution in [2.75, 3.05) is 26.7 Å². The van der Waals surface area contributed by atoms with E-state index in [4.69, 9.17) is 5.73 Å². The zero-order valence-electron chi connectivity index (χ0n) is 9.65. The fourth-order valence-corrected chi connectivity index (χ4v) is 2.89. The summed E-state index contributed by atoms with van der Waals surface area (Å²) in [5, 5.41) is 0. The van der Waals surface area contributed by atoms with E-state index in [1.54, 1.807) is 0 Å². The van der Waals surface area contributed by atoms with Gasteiger partial charge >= 0.3 is 0 Å². The molecule has 0 aromatic rings. The van der Waals surface area contributed by atoms with Crippen molar-refractivity contribution >= 4 is 5.91 Å². The Balaban J connectivity index is 2.01. The van der Waals surface area contributed by atoms with Gasteiger partial charge in [-0.3, -0.25) is 4.79 Å². The molecule has 3 unspecified atom stereocenters. The van der Waals surface area contributed by atoms with E-state index in [9.17, 15) is 4.79 Å². The summed E-state index contributed by atoms with van der Waals surface area (Å²) in [5.74, 6) is 0.821. The average Bonchev–Trinajstić information content (AvgIpc) is 2.45. The molecular weight excluding hydrogens is 190 g/mol. The maximum Gasteiger partial charge on any atom is 0.224 e. The third kappa shape index (κ3) is 2.16. The van der Waals surface area contributed by atoms with Crippen LogP contribution in [0, 0.1) is 5.92 Å². The number of likely N-dealkylation sites (tertiary alicyclic amines) is 2. The molecule has 1 amide bonds. The Morgan fingerprint density at radius 3 is 2.67 bits per heavy atom. The van der Waals surface area contributed by atoms with Gasteiger partial charge in [0, 0.05) is 31.6 Å². The lowest BCUT2D eigenvalue weighted by molar-refractivity contribution is -0.131. The summed E-state index contributed by atoms with van der Waals surface area (Å²) in [4.78, 5) is 16.1. The van der Waals surface area contributed by atoms with Crippen LogP contribution in [0.5, 0.6) is 0 Å². The van der Waals surface area contributed by atoms with Gasteiger partial charge < -0.3 is 15.5 Å². The van der Waals surface area contributed by atoms with Crippen LogP contribution in [0.3, 0.4) is 0 Å². The fourth-order valence-electron chi connectivity index (χ4n) is 2.89. The monoisotopic (exact) mass is 211 g/mol. The molecule has 15 heavy (non-hydrogen) atoms. The molecule has 0 bridgehead atoms. The maximum atomic E-state index is 11.7. The molecule has 4 nitrogen and oxygen atoms in total. The van der Waals surface area contributed by atoms with Crippen molar-refractivity contribution < 1.29 is 4.79 Å². The van der Waals surface area contributed by atoms with E-state index in [1.807, 2.05) is 4.90 Å². The number of rotatable bonds is 1. The van der Waals surface area contributed by atoms with Crippen LogP contribution in [0.4, 0.5) is 0 Å². The molecule has 86 valence electrons. The predicted molar refractivity (Wildman–Crippen MR) is 59.4 cm³/mol. The summed E-state index contributed by atoms with van der Waals surface area (Å²) in [7, 11) is 2.14. The number of nitrogens with zero attached hydrogens (tertiary/aromatic N) is 2. The van der Waals surface area contributed by atoms with Crippen molar-refractivity contribution in [2.45, 2.75) is 31.8 Å². The molecule has 2 saturated heterocycles. The minimum atomic E-state index is 0.0596. The Labute approximate surface area is 91.4 Å². The van der Waals surface area contributed by atoms with Crippen molar-refractivity contribution in [3.63, 3.8) is 0 Å². The molecule has 2 fully saturated rings. The molecule has 0 aliphatic carbocycles. The summed E-state index contributed by atoms with van der Waals surface area (Å²) in [6.45, 7) is 5.17. The smallest absolute Gasteiger partial charge is 0.224 e. The molecule has 0 aromatic heterocycles. The normalized spacial score (nSPS) is 38.7. The summed E-state index contributed by atoms with van der Waals surface area (Å²) >= 11 is 0. The number of hydrogen-bond acceptors (Lipinski definition) is 3. The van der Waals surface area contributed by atoms with Crippen molar-refractivity contribution in [2.24, 2.45) is 11.7 Å². The van der Waals surface area contributed by atoms with Crippen molar-refractivity contribution in [3.8, 4) is 0 Å². The second-order valence-corrected chi connectivity index (χ2v) is 5.11. The highest BCUT2D eigenvalue weighted by Crippen LogP contribution is 2.25. The molecule has 2 rings (SSSR count). The molecule has 2 aliphatic rings. The summed E-state index contributed by atoms with van der Waals surface area (Å²) < 4.78 is 0. The second-order valence-electron chi connectivity index (χ2n) is 5.11. The van der Waals surface area contributed by atoms with Gasteiger partial charge in [0.15, 0.2) is 0 Å². The molecule has 2 aliphatic heterocycles. The van der Waals surface area contributed by atoms with Crippen molar-refractivity contribution in [3.05, 3.63) is 0 Å². The lowest BCUT2D eigenvalue weighted by Crippen LogP contribution is -2.50. The number of amides is 1. The first-order valence-electron chi connectivity index (χ1n) is 5.81. The minimum absolute atomic E-state index is 0.0596. The molecule has 4 heteroatoms. The van der Waals surface area contributed by atoms with Crippen LogP contribution in [-0.4, -0.2) is 54.5 Å². The van der Waals surface area contributed by atoms with Crippen molar-refractivity contribution in [1.82, 2.24) is 9.80 Å². The summed E-state index contributed by atoms with van der Waals surface area (Å²) in [5.41, 5.74) is 5.82. The van der Waals surface area contributed by atoms with E-state index in [0.717, 1.165) is 26.1 Å². The van der Waals surface area contributed by atoms with Crippen LogP contribution < -0.4 is 5.73 Å². The number of carbonyl (C=O) groups is 1. The Bertz CT molecular complexity index is 256. The van der Waals surface area contributed by atoms with Gasteiger partial charge in [0.2, 0.25) is 5.91 Å². The van der Waals surface area contributed by atoms with E-state index in [-0.39, 0.29) is 11.9 Å². The van der Waals surface area contributed by atoms with Gasteiger partial charge in [-0.2, -0.15) is 0 Å². The van der Waals surface area contributed by atoms with Crippen molar-refractivity contribution in [1.29, 1.82) is 0 Å². The van der Waals surface area contributed by atoms with Crippen LogP contribution in [0.1, 0.15) is 19.8 Å². The first-order chi connectivity index (χ1) is 7.08. The zero-order chi connectivity index (χ0) is 11.0. The molecule has 2 heterocycles. The molecule has 0 aromatic carbocycles. The van der Waals surface area contributed by atoms with Crippen LogP contribution in [0.25, 0.3) is 0 Å². The molecule has 0 saturated carbocycles. The number of nitrogens with two attached hydrogens (primary N) is 1. The standard InChI is InChI=1S/C11H21N3O/c1-8-6-13(2)4-3-10(8)14-7-9(12)5-11(14)15/h8-10H,3-7,12H2,1-2H3. The van der Waals surface area contributed by atoms with Crippen LogP contribution in [-0.2, 0) is 4.79 Å². The molecule has 3 atom stereocenters. The number of carbonyl (C=O) groups excluding carboxylic acids is 1. The maximum absolute atomic E-state index is 11.7. The average molecular weight is 211 g/mol. The Morgan fingerprint density at radius 2 is 2.13 bits per heavy atom. The molecule has 2 N–H and O–H groups in total. The van der Waals surface area contributed by atoms with Gasteiger partial charge in [-0.15, -0.1) is 0 Å². The van der Waals surface area contributed by atoms with Gasteiger partial charge in [-0.25, -0.2) is 0 Å². The number of piperidine rings is 1. The van der Waals surface area contributed by atoms with E-state index < -0.39 is 0 Å². The van der Waals surface area contributed by atoms with Gasteiger partial charge in [0.1, 0.15) is 0 Å². The minimum Gasteiger partial charge on any atom is -0.338 e. The third-order valence-electron chi connectivity index (χ3n) is 3.65. The van der Waals surface area contributed by atoms with E-state index in [0.29, 0.717) is 18.4 Å². The van der Waals surface area contributed by atoms with Crippen LogP contribution in [0.15, 0.2) is 0 Å². The fraction of sp³-hybridized carbons (Fsp3) is 0.909. The number of hydrogen-bond donors (Lipinski definition) is 1. The van der Waals surface area contributed by atoms with E-state index >= 15 is 0 Å². The first-order valence-corrected chi connectivity index (χ1v) is 5.81. The lowest BCUT2D eigenvalue weighted by Gasteiger charge is -2.40. The van der Waals surface area contributed by atoms with Gasteiger partial charge in [0.05, 0.1) is 0 Å². The highest BCUT2D eigenvalue weighted by atomic mass is 16.2. The Hall–Kier alpha value is -0.610. The first kappa shape index (κ1) is 10.9. The van der Waals surface area contributed by atoms with E-state index in [2.05, 4.69) is 18.9 Å². The zero-order valence-corrected chi connectivity index (χ0v) is 9.65. The molecular formula is C11H21N3O. The van der Waals surface area contributed by atoms with Gasteiger partial charge in [0.25, 0.3) is 0 Å². The highest BCUT2D eigenvalue weighted by molar-refractivity contribution is 5.79. The third-order valence-corrected chi connectivity index (χ3v) is 3.65. The topological polar surface area (TPSA) is 49.6 Å². The van der Waals surface area contributed by atoms with Gasteiger partial charge in [-0.05, 0) is 25.9 Å². The molecule has 0 spiro atoms. The second kappa shape index (κ2) is 4.10. The predicted octanol–water partition coefficient (Wildman–Crippen LogP) is -0.114. The lowest BCUT2D eigenvalue weighted by atomic mass is 9.93. The SMILES string of the molecule is CC1CN(C)CCC1N1CC(N)CC1=O. The summed E-state index contributed by atoms with van der Waals surface area (Å²) in [6.07, 6.45) is 1.63. The Kier molecular flexibility index (Phi) is 2.98. The largest absolute Gasteiger partial charge is 0.338 e. The van der Waals surface area contributed by atoms with Crippen LogP contribution in [0.2, 0.25) is 0 Å². The highest BCUT2D eigenvalue weighted by Gasteiger charge is 2.36.